The van der Waals surface area contributed by atoms with Gasteiger partial charge in [0.1, 0.15) is 11.5 Å². The first-order valence-electron chi connectivity index (χ1n) is 26.7. The van der Waals surface area contributed by atoms with E-state index in [0.717, 1.165) is 62.3 Å². The number of rotatable bonds is 7. The number of hydrogen-bond acceptors (Lipinski definition) is 3. The van der Waals surface area contributed by atoms with Crippen molar-refractivity contribution < 1.29 is 4.74 Å². The zero-order valence-electron chi connectivity index (χ0n) is 43.1. The van der Waals surface area contributed by atoms with Crippen LogP contribution in [0.1, 0.15) is 72.2 Å². The standard InChI is InChI=1S/C73H54N2O/c1-71(2)61-24-12-8-20-55(61)59-41-38-52(44-67(59)71)74(49-18-6-5-7-19-49)50-34-30-47(31-35-50)48-32-36-51(37-33-48)75(53-39-42-60-56-21-9-13-25-62(56)72(3,4)68(60)45-53)54-40-43-66-70(46-54)76-69-29-17-16-28-65(69)73(66)63-26-14-10-22-57(63)58-23-11-15-27-64(58)73/h5-46H,1-4H3. The number of hydrogen-bond donors (Lipinski definition) is 0. The fourth-order valence-electron chi connectivity index (χ4n) is 13.7. The Kier molecular flexibility index (Phi) is 9.57. The van der Waals surface area contributed by atoms with Gasteiger partial charge in [-0.15, -0.1) is 0 Å². The largest absolute Gasteiger partial charge is 0.457 e. The van der Waals surface area contributed by atoms with Crippen LogP contribution in [0, 0.1) is 0 Å². The molecule has 1 aliphatic heterocycles. The van der Waals surface area contributed by atoms with E-state index in [2.05, 4.69) is 292 Å². The maximum absolute atomic E-state index is 7.08. The molecule has 362 valence electrons. The molecule has 0 unspecified atom stereocenters. The van der Waals surface area contributed by atoms with Crippen molar-refractivity contribution >= 4 is 34.1 Å². The third kappa shape index (κ3) is 6.29. The maximum Gasteiger partial charge on any atom is 0.134 e. The fourth-order valence-corrected chi connectivity index (χ4v) is 13.7. The molecule has 0 radical (unpaired) electrons. The van der Waals surface area contributed by atoms with Crippen LogP contribution < -0.4 is 14.5 Å². The second kappa shape index (κ2) is 16.4. The normalized spacial score (nSPS) is 14.7. The zero-order valence-corrected chi connectivity index (χ0v) is 43.1. The summed E-state index contributed by atoms with van der Waals surface area (Å²) < 4.78 is 7.08. The van der Waals surface area contributed by atoms with Gasteiger partial charge in [-0.3, -0.25) is 0 Å². The number of para-hydroxylation sites is 2. The fraction of sp³-hybridized carbons (Fsp3) is 0.0959. The molecule has 76 heavy (non-hydrogen) atoms. The Morgan fingerprint density at radius 3 is 1.11 bits per heavy atom. The average Bonchev–Trinajstić information content (AvgIpc) is 4.20. The van der Waals surface area contributed by atoms with Crippen molar-refractivity contribution in [3.63, 3.8) is 0 Å². The molecule has 0 fully saturated rings. The predicted molar refractivity (Wildman–Crippen MR) is 314 cm³/mol. The summed E-state index contributed by atoms with van der Waals surface area (Å²) in [6.45, 7) is 9.42. The van der Waals surface area contributed by atoms with Crippen LogP contribution in [0.4, 0.5) is 34.1 Å². The molecule has 15 rings (SSSR count). The molecule has 11 aromatic carbocycles. The third-order valence-corrected chi connectivity index (χ3v) is 17.3. The Bertz CT molecular complexity index is 4100. The molecule has 3 heteroatoms. The van der Waals surface area contributed by atoms with Crippen LogP contribution in [0.15, 0.2) is 255 Å². The lowest BCUT2D eigenvalue weighted by atomic mass is 9.66. The highest BCUT2D eigenvalue weighted by Gasteiger charge is 2.51. The number of benzene rings is 11. The molecule has 11 aromatic rings. The minimum atomic E-state index is -0.538. The summed E-state index contributed by atoms with van der Waals surface area (Å²) in [6, 6.07) is 94.1. The van der Waals surface area contributed by atoms with Crippen molar-refractivity contribution in [3.8, 4) is 56.0 Å². The number of fused-ring (bicyclic) bond motifs is 15. The Hall–Kier alpha value is -9.18. The Morgan fingerprint density at radius 1 is 0.250 bits per heavy atom. The molecule has 0 bridgehead atoms. The highest BCUT2D eigenvalue weighted by molar-refractivity contribution is 5.91. The summed E-state index contributed by atoms with van der Waals surface area (Å²) in [6.07, 6.45) is 0. The van der Waals surface area contributed by atoms with Crippen LogP contribution in [-0.4, -0.2) is 0 Å². The average molecular weight is 975 g/mol. The lowest BCUT2D eigenvalue weighted by molar-refractivity contribution is 0.436. The van der Waals surface area contributed by atoms with E-state index in [1.54, 1.807) is 0 Å². The minimum absolute atomic E-state index is 0.100. The molecular formula is C73H54N2O. The summed E-state index contributed by atoms with van der Waals surface area (Å²) in [5.74, 6) is 1.74. The second-order valence-corrected chi connectivity index (χ2v) is 22.0. The Labute approximate surface area is 445 Å². The van der Waals surface area contributed by atoms with E-state index in [1.165, 1.54) is 72.3 Å². The summed E-state index contributed by atoms with van der Waals surface area (Å²) in [5, 5.41) is 0. The van der Waals surface area contributed by atoms with E-state index in [1.807, 2.05) is 0 Å². The van der Waals surface area contributed by atoms with E-state index < -0.39 is 5.41 Å². The van der Waals surface area contributed by atoms with Gasteiger partial charge in [-0.05, 0) is 151 Å². The molecule has 3 aliphatic carbocycles. The van der Waals surface area contributed by atoms with Gasteiger partial charge in [0, 0.05) is 62.1 Å². The maximum atomic E-state index is 7.08. The molecule has 0 saturated carbocycles. The van der Waals surface area contributed by atoms with Crippen LogP contribution in [0.2, 0.25) is 0 Å². The van der Waals surface area contributed by atoms with Crippen molar-refractivity contribution in [3.05, 3.63) is 299 Å². The van der Waals surface area contributed by atoms with Crippen molar-refractivity contribution in [2.75, 3.05) is 9.80 Å². The van der Waals surface area contributed by atoms with Crippen LogP contribution >= 0.6 is 0 Å². The predicted octanol–water partition coefficient (Wildman–Crippen LogP) is 19.4. The molecule has 0 amide bonds. The van der Waals surface area contributed by atoms with Crippen molar-refractivity contribution in [2.24, 2.45) is 0 Å². The van der Waals surface area contributed by atoms with E-state index in [0.29, 0.717) is 0 Å². The van der Waals surface area contributed by atoms with Crippen LogP contribution in [0.25, 0.3) is 44.5 Å². The molecule has 0 aromatic heterocycles. The molecule has 0 N–H and O–H groups in total. The topological polar surface area (TPSA) is 15.7 Å². The summed E-state index contributed by atoms with van der Waals surface area (Å²) in [5.41, 5.74) is 26.2. The van der Waals surface area contributed by atoms with Gasteiger partial charge in [0.2, 0.25) is 0 Å². The smallest absolute Gasteiger partial charge is 0.134 e. The molecule has 4 aliphatic rings. The zero-order chi connectivity index (χ0) is 50.9. The quantitative estimate of drug-likeness (QED) is 0.158. The highest BCUT2D eigenvalue weighted by atomic mass is 16.5. The van der Waals surface area contributed by atoms with Crippen molar-refractivity contribution in [2.45, 2.75) is 43.9 Å². The third-order valence-electron chi connectivity index (χ3n) is 17.3. The van der Waals surface area contributed by atoms with E-state index in [-0.39, 0.29) is 10.8 Å². The van der Waals surface area contributed by atoms with Gasteiger partial charge in [0.15, 0.2) is 0 Å². The highest BCUT2D eigenvalue weighted by Crippen LogP contribution is 2.63. The van der Waals surface area contributed by atoms with E-state index >= 15 is 0 Å². The molecule has 0 saturated heterocycles. The van der Waals surface area contributed by atoms with Crippen LogP contribution in [0.5, 0.6) is 11.5 Å². The SMILES string of the molecule is CC1(C)c2ccccc2-c2ccc(N(c3ccccc3)c3ccc(-c4ccc(N(c5ccc6c(c5)Oc5ccccc5C65c6ccccc6-c6ccccc65)c5ccc6c(c5)C(C)(C)c5ccccc5-6)cc4)cc3)cc21. The molecule has 0 atom stereocenters. The van der Waals surface area contributed by atoms with Gasteiger partial charge in [-0.1, -0.05) is 204 Å². The van der Waals surface area contributed by atoms with Gasteiger partial charge in [-0.2, -0.15) is 0 Å². The van der Waals surface area contributed by atoms with Gasteiger partial charge in [0.25, 0.3) is 0 Å². The summed E-state index contributed by atoms with van der Waals surface area (Å²) in [7, 11) is 0. The Morgan fingerprint density at radius 2 is 0.592 bits per heavy atom. The number of nitrogens with zero attached hydrogens (tertiary/aromatic N) is 2. The van der Waals surface area contributed by atoms with E-state index in [9.17, 15) is 0 Å². The lowest BCUT2D eigenvalue weighted by Gasteiger charge is -2.40. The Balaban J connectivity index is 0.830. The molecule has 1 spiro atoms. The van der Waals surface area contributed by atoms with Gasteiger partial charge >= 0.3 is 0 Å². The molecule has 1 heterocycles. The van der Waals surface area contributed by atoms with Gasteiger partial charge < -0.3 is 14.5 Å². The number of ether oxygens (including phenoxy) is 1. The molecular weight excluding hydrogens is 921 g/mol. The lowest BCUT2D eigenvalue weighted by Crippen LogP contribution is -2.32. The first-order chi connectivity index (χ1) is 37.2. The van der Waals surface area contributed by atoms with E-state index in [4.69, 9.17) is 4.74 Å². The van der Waals surface area contributed by atoms with Gasteiger partial charge in [-0.25, -0.2) is 0 Å². The summed E-state index contributed by atoms with van der Waals surface area (Å²) >= 11 is 0. The summed E-state index contributed by atoms with van der Waals surface area (Å²) in [4.78, 5) is 4.79. The first-order valence-corrected chi connectivity index (χ1v) is 26.7. The monoisotopic (exact) mass is 974 g/mol. The van der Waals surface area contributed by atoms with Crippen molar-refractivity contribution in [1.29, 1.82) is 0 Å². The van der Waals surface area contributed by atoms with Crippen molar-refractivity contribution in [1.82, 2.24) is 0 Å². The number of anilines is 6. The van der Waals surface area contributed by atoms with Gasteiger partial charge in [0.05, 0.1) is 5.41 Å². The van der Waals surface area contributed by atoms with Crippen LogP contribution in [-0.2, 0) is 16.2 Å². The minimum Gasteiger partial charge on any atom is -0.457 e. The second-order valence-electron chi connectivity index (χ2n) is 22.0. The van der Waals surface area contributed by atoms with Crippen LogP contribution in [0.3, 0.4) is 0 Å². The first kappa shape index (κ1) is 44.3. The molecule has 3 nitrogen and oxygen atoms in total.